The number of Topliss-reactive ketones (excluding diaryl/α,β-unsaturated/α-hetero) is 1. The summed E-state index contributed by atoms with van der Waals surface area (Å²) in [5, 5.41) is 10.7. The molecule has 0 radical (unpaired) electrons. The first-order valence-electron chi connectivity index (χ1n) is 5.65. The average molecular weight is 305 g/mol. The van der Waals surface area contributed by atoms with Gasteiger partial charge in [-0.1, -0.05) is 70.5 Å². The van der Waals surface area contributed by atoms with Gasteiger partial charge in [-0.15, -0.1) is 0 Å². The summed E-state index contributed by atoms with van der Waals surface area (Å²) in [7, 11) is 0. The Hall–Kier alpha value is -1.45. The molecule has 1 unspecified atom stereocenters. The Morgan fingerprint density at radius 3 is 2.33 bits per heavy atom. The van der Waals surface area contributed by atoms with Crippen LogP contribution < -0.4 is 0 Å². The predicted octanol–water partition coefficient (Wildman–Crippen LogP) is 3.50. The summed E-state index contributed by atoms with van der Waals surface area (Å²) < 4.78 is 0. The Balaban J connectivity index is 2.32. The lowest BCUT2D eigenvalue weighted by atomic mass is 9.97. The zero-order chi connectivity index (χ0) is 13.0. The Labute approximate surface area is 114 Å². The lowest BCUT2D eigenvalue weighted by Gasteiger charge is -2.12. The maximum atomic E-state index is 12.3. The van der Waals surface area contributed by atoms with Crippen molar-refractivity contribution < 1.29 is 9.90 Å². The second kappa shape index (κ2) is 5.94. The van der Waals surface area contributed by atoms with Crippen molar-refractivity contribution in [2.75, 3.05) is 0 Å². The number of carbonyl (C=O) groups excluding carboxylic acids is 1. The minimum Gasteiger partial charge on any atom is -0.380 e. The number of carbonyl (C=O) groups is 1. The van der Waals surface area contributed by atoms with E-state index in [4.69, 9.17) is 0 Å². The minimum absolute atomic E-state index is 0.267. The van der Waals surface area contributed by atoms with Gasteiger partial charge >= 0.3 is 0 Å². The van der Waals surface area contributed by atoms with Gasteiger partial charge in [0.25, 0.3) is 0 Å². The number of aliphatic hydroxyl groups is 1. The summed E-state index contributed by atoms with van der Waals surface area (Å²) in [6.07, 6.45) is -1.11. The molecule has 18 heavy (non-hydrogen) atoms. The van der Waals surface area contributed by atoms with Gasteiger partial charge in [0.05, 0.1) is 0 Å². The van der Waals surface area contributed by atoms with Crippen molar-refractivity contribution in [3.8, 4) is 0 Å². The summed E-state index contributed by atoms with van der Waals surface area (Å²) in [4.78, 5) is 12.3. The monoisotopic (exact) mass is 304 g/mol. The maximum absolute atomic E-state index is 12.3. The molecule has 0 aliphatic rings. The molecule has 0 saturated heterocycles. The van der Waals surface area contributed by atoms with Gasteiger partial charge in [0, 0.05) is 10.9 Å². The predicted molar refractivity (Wildman–Crippen MR) is 74.8 cm³/mol. The summed E-state index contributed by atoms with van der Waals surface area (Å²) >= 11 is 3.35. The first kappa shape index (κ1) is 13.0. The van der Waals surface area contributed by atoms with E-state index in [1.807, 2.05) is 30.3 Å². The van der Waals surface area contributed by atoms with Crippen molar-refractivity contribution in [1.29, 1.82) is 0 Å². The number of halogens is 1. The number of benzene rings is 2. The van der Waals surface area contributed by atoms with E-state index in [9.17, 15) is 9.90 Å². The van der Waals surface area contributed by atoms with Crippen LogP contribution in [-0.2, 0) is 5.33 Å². The maximum Gasteiger partial charge on any atom is 0.196 e. The van der Waals surface area contributed by atoms with E-state index in [1.54, 1.807) is 24.3 Å². The molecule has 0 aliphatic heterocycles. The molecule has 92 valence electrons. The summed E-state index contributed by atoms with van der Waals surface area (Å²) in [6, 6.07) is 16.3. The fraction of sp³-hybridized carbons (Fsp3) is 0.133. The number of ketones is 1. The highest BCUT2D eigenvalue weighted by Crippen LogP contribution is 2.21. The number of hydrogen-bond acceptors (Lipinski definition) is 2. The Morgan fingerprint density at radius 2 is 1.67 bits per heavy atom. The molecule has 3 heteroatoms. The van der Waals surface area contributed by atoms with Crippen molar-refractivity contribution >= 4 is 21.7 Å². The molecule has 0 spiro atoms. The number of hydrogen-bond donors (Lipinski definition) is 1. The molecule has 2 nitrogen and oxygen atoms in total. The molecule has 0 fully saturated rings. The van der Waals surface area contributed by atoms with E-state index in [-0.39, 0.29) is 5.78 Å². The van der Waals surface area contributed by atoms with Gasteiger partial charge in [0.15, 0.2) is 5.78 Å². The summed E-state index contributed by atoms with van der Waals surface area (Å²) in [5.41, 5.74) is 2.06. The quantitative estimate of drug-likeness (QED) is 0.693. The van der Waals surface area contributed by atoms with E-state index in [0.717, 1.165) is 5.56 Å². The average Bonchev–Trinajstić information content (AvgIpc) is 2.46. The first-order chi connectivity index (χ1) is 8.74. The van der Waals surface area contributed by atoms with Crippen LogP contribution in [0.15, 0.2) is 54.6 Å². The van der Waals surface area contributed by atoms with Gasteiger partial charge in [-0.25, -0.2) is 0 Å². The van der Waals surface area contributed by atoms with Crippen LogP contribution in [0.2, 0.25) is 0 Å². The zero-order valence-electron chi connectivity index (χ0n) is 9.71. The van der Waals surface area contributed by atoms with Crippen molar-refractivity contribution in [2.45, 2.75) is 11.4 Å². The molecule has 0 amide bonds. The van der Waals surface area contributed by atoms with Gasteiger partial charge in [0.1, 0.15) is 6.10 Å². The molecule has 1 atom stereocenters. The van der Waals surface area contributed by atoms with E-state index < -0.39 is 6.10 Å². The molecular weight excluding hydrogens is 292 g/mol. The van der Waals surface area contributed by atoms with Crippen LogP contribution in [0, 0.1) is 0 Å². The van der Waals surface area contributed by atoms with E-state index >= 15 is 0 Å². The molecule has 2 rings (SSSR count). The molecule has 0 aromatic heterocycles. The van der Waals surface area contributed by atoms with Crippen molar-refractivity contribution in [2.24, 2.45) is 0 Å². The van der Waals surface area contributed by atoms with Crippen molar-refractivity contribution in [1.82, 2.24) is 0 Å². The van der Waals surface area contributed by atoms with Gasteiger partial charge in [0.2, 0.25) is 0 Å². The third-order valence-electron chi connectivity index (χ3n) is 2.79. The Bertz CT molecular complexity index is 537. The normalized spacial score (nSPS) is 12.1. The first-order valence-corrected chi connectivity index (χ1v) is 6.77. The van der Waals surface area contributed by atoms with E-state index in [2.05, 4.69) is 15.9 Å². The highest BCUT2D eigenvalue weighted by molar-refractivity contribution is 9.08. The number of alkyl halides is 1. The molecule has 0 saturated carbocycles. The van der Waals surface area contributed by atoms with Crippen LogP contribution in [-0.4, -0.2) is 10.9 Å². The zero-order valence-corrected chi connectivity index (χ0v) is 11.3. The molecule has 1 N–H and O–H groups in total. The SMILES string of the molecule is O=C(c1ccccc1CBr)C(O)c1ccccc1. The summed E-state index contributed by atoms with van der Waals surface area (Å²) in [6.45, 7) is 0. The van der Waals surface area contributed by atoms with Crippen LogP contribution in [0.4, 0.5) is 0 Å². The molecular formula is C15H13BrO2. The standard InChI is InChI=1S/C15H13BrO2/c16-10-12-8-4-5-9-13(12)15(18)14(17)11-6-2-1-3-7-11/h1-9,14,17H,10H2. The highest BCUT2D eigenvalue weighted by Gasteiger charge is 2.20. The second-order valence-electron chi connectivity index (χ2n) is 3.97. The van der Waals surface area contributed by atoms with E-state index in [1.165, 1.54) is 0 Å². The van der Waals surface area contributed by atoms with Gasteiger partial charge in [-0.3, -0.25) is 4.79 Å². The topological polar surface area (TPSA) is 37.3 Å². The van der Waals surface area contributed by atoms with E-state index in [0.29, 0.717) is 16.5 Å². The molecule has 0 heterocycles. The highest BCUT2D eigenvalue weighted by atomic mass is 79.9. The largest absolute Gasteiger partial charge is 0.380 e. The molecule has 2 aromatic carbocycles. The third kappa shape index (κ3) is 2.68. The summed E-state index contributed by atoms with van der Waals surface area (Å²) in [5.74, 6) is -0.267. The number of aliphatic hydroxyl groups excluding tert-OH is 1. The Kier molecular flexibility index (Phi) is 4.28. The fourth-order valence-electron chi connectivity index (χ4n) is 1.81. The van der Waals surface area contributed by atoms with Gasteiger partial charge in [-0.2, -0.15) is 0 Å². The van der Waals surface area contributed by atoms with Gasteiger partial charge in [-0.05, 0) is 11.1 Å². The van der Waals surface area contributed by atoms with Crippen molar-refractivity contribution in [3.63, 3.8) is 0 Å². The van der Waals surface area contributed by atoms with Crippen LogP contribution in [0.5, 0.6) is 0 Å². The molecule has 0 aliphatic carbocycles. The van der Waals surface area contributed by atoms with Crippen molar-refractivity contribution in [3.05, 3.63) is 71.3 Å². The smallest absolute Gasteiger partial charge is 0.196 e. The van der Waals surface area contributed by atoms with Crippen LogP contribution in [0.25, 0.3) is 0 Å². The second-order valence-corrected chi connectivity index (χ2v) is 4.53. The Morgan fingerprint density at radius 1 is 1.06 bits per heavy atom. The van der Waals surface area contributed by atoms with Crippen LogP contribution in [0.1, 0.15) is 27.6 Å². The van der Waals surface area contributed by atoms with Crippen LogP contribution >= 0.6 is 15.9 Å². The fourth-order valence-corrected chi connectivity index (χ4v) is 2.30. The molecule has 2 aromatic rings. The number of rotatable bonds is 4. The lowest BCUT2D eigenvalue weighted by molar-refractivity contribution is 0.0746. The third-order valence-corrected chi connectivity index (χ3v) is 3.39. The lowest BCUT2D eigenvalue weighted by Crippen LogP contribution is -2.13. The molecule has 0 bridgehead atoms. The minimum atomic E-state index is -1.11. The van der Waals surface area contributed by atoms with Crippen LogP contribution in [0.3, 0.4) is 0 Å². The van der Waals surface area contributed by atoms with Gasteiger partial charge < -0.3 is 5.11 Å².